The molecule has 6 heteroatoms. The number of halogens is 1. The minimum Gasteiger partial charge on any atom is -0.365 e. The Morgan fingerprint density at radius 3 is 2.92 bits per heavy atom. The van der Waals surface area contributed by atoms with Crippen LogP contribution in [0.2, 0.25) is 5.02 Å². The highest BCUT2D eigenvalue weighted by molar-refractivity contribution is 8.08. The molecule has 3 N–H and O–H groups in total. The predicted molar refractivity (Wildman–Crippen MR) is 106 cm³/mol. The first-order chi connectivity index (χ1) is 12.2. The minimum atomic E-state index is 0.0914. The molecule has 0 radical (unpaired) electrons. The van der Waals surface area contributed by atoms with Crippen LogP contribution >= 0.6 is 23.4 Å². The molecular weight excluding hydrogens is 352 g/mol. The molecule has 0 unspecified atom stereocenters. The topological polar surface area (TPSA) is 57.9 Å². The second kappa shape index (κ2) is 7.12. The van der Waals surface area contributed by atoms with Crippen molar-refractivity contribution in [3.63, 3.8) is 0 Å². The van der Waals surface area contributed by atoms with Gasteiger partial charge in [0, 0.05) is 34.1 Å². The van der Waals surface area contributed by atoms with Crippen molar-refractivity contribution >= 4 is 39.2 Å². The maximum atomic E-state index is 6.34. The van der Waals surface area contributed by atoms with Gasteiger partial charge < -0.3 is 10.6 Å². The Labute approximate surface area is 156 Å². The summed E-state index contributed by atoms with van der Waals surface area (Å²) in [5.41, 5.74) is 9.86. The van der Waals surface area contributed by atoms with Crippen LogP contribution in [0.25, 0.3) is 15.8 Å². The quantitative estimate of drug-likeness (QED) is 0.710. The number of thioether (sulfide) groups is 1. The Kier molecular flexibility index (Phi) is 4.70. The number of nitrogens with zero attached hydrogens (tertiary/aromatic N) is 2. The fraction of sp³-hybridized carbons (Fsp3) is 0.211. The summed E-state index contributed by atoms with van der Waals surface area (Å²) < 4.78 is 0. The van der Waals surface area contributed by atoms with Gasteiger partial charge in [0.05, 0.1) is 17.6 Å². The van der Waals surface area contributed by atoms with Crippen LogP contribution in [0.15, 0.2) is 54.9 Å². The van der Waals surface area contributed by atoms with E-state index in [0.29, 0.717) is 0 Å². The van der Waals surface area contributed by atoms with Crippen molar-refractivity contribution in [3.05, 3.63) is 71.0 Å². The first-order valence-electron chi connectivity index (χ1n) is 8.19. The van der Waals surface area contributed by atoms with Gasteiger partial charge in [-0.2, -0.15) is 5.10 Å². The molecular formula is C19H19ClN4S. The lowest BCUT2D eigenvalue weighted by atomic mass is 10.1. The van der Waals surface area contributed by atoms with Crippen LogP contribution in [0.5, 0.6) is 0 Å². The summed E-state index contributed by atoms with van der Waals surface area (Å²) in [6.45, 7) is 0.840. The van der Waals surface area contributed by atoms with Gasteiger partial charge >= 0.3 is 0 Å². The average Bonchev–Trinajstić information content (AvgIpc) is 3.25. The number of nitrogens with two attached hydrogens (primary N) is 1. The first kappa shape index (κ1) is 16.5. The molecule has 3 aromatic rings. The van der Waals surface area contributed by atoms with E-state index in [-0.39, 0.29) is 6.04 Å². The van der Waals surface area contributed by atoms with E-state index in [1.54, 1.807) is 0 Å². The Morgan fingerprint density at radius 1 is 1.24 bits per heavy atom. The number of aromatic nitrogens is 2. The van der Waals surface area contributed by atoms with Crippen LogP contribution in [0.4, 0.5) is 0 Å². The summed E-state index contributed by atoms with van der Waals surface area (Å²) in [5.74, 6) is 0.938. The number of nitrogens with one attached hydrogen (secondary N) is 1. The molecule has 0 aliphatic carbocycles. The van der Waals surface area contributed by atoms with Gasteiger partial charge in [-0.25, -0.2) is 0 Å². The molecule has 0 bridgehead atoms. The number of rotatable bonds is 5. The van der Waals surface area contributed by atoms with E-state index < -0.39 is 0 Å². The third kappa shape index (κ3) is 3.84. The SMILES string of the molecule is N[C@@H](Cc1ccc(Cl)cc1)CN1C=C(c2ccc3[nH]ncc3c2)SC1. The monoisotopic (exact) mass is 370 g/mol. The van der Waals surface area contributed by atoms with E-state index in [1.165, 1.54) is 16.0 Å². The Morgan fingerprint density at radius 2 is 2.08 bits per heavy atom. The van der Waals surface area contributed by atoms with E-state index in [9.17, 15) is 0 Å². The van der Waals surface area contributed by atoms with Crippen LogP contribution in [0.1, 0.15) is 11.1 Å². The highest BCUT2D eigenvalue weighted by Gasteiger charge is 2.17. The molecule has 4 nitrogen and oxygen atoms in total. The van der Waals surface area contributed by atoms with Crippen molar-refractivity contribution < 1.29 is 0 Å². The Hall–Kier alpha value is -1.95. The molecule has 0 saturated heterocycles. The van der Waals surface area contributed by atoms with Gasteiger partial charge in [-0.3, -0.25) is 5.10 Å². The second-order valence-electron chi connectivity index (χ2n) is 6.30. The van der Waals surface area contributed by atoms with Gasteiger partial charge in [0.15, 0.2) is 0 Å². The molecule has 0 amide bonds. The molecule has 1 aliphatic rings. The molecule has 1 atom stereocenters. The fourth-order valence-corrected chi connectivity index (χ4v) is 4.17. The summed E-state index contributed by atoms with van der Waals surface area (Å²) in [5, 5.41) is 8.97. The molecule has 1 aliphatic heterocycles. The molecule has 4 rings (SSSR count). The normalized spacial score (nSPS) is 15.6. The molecule has 0 saturated carbocycles. The number of H-pyrrole nitrogens is 1. The highest BCUT2D eigenvalue weighted by atomic mass is 35.5. The molecule has 0 spiro atoms. The van der Waals surface area contributed by atoms with Crippen molar-refractivity contribution in [2.24, 2.45) is 5.73 Å². The summed E-state index contributed by atoms with van der Waals surface area (Å²) >= 11 is 7.78. The third-order valence-corrected chi connectivity index (χ3v) is 5.66. The molecule has 25 heavy (non-hydrogen) atoms. The summed E-state index contributed by atoms with van der Waals surface area (Å²) in [6.07, 6.45) is 4.93. The van der Waals surface area contributed by atoms with Crippen molar-refractivity contribution in [2.45, 2.75) is 12.5 Å². The molecule has 128 valence electrons. The number of benzene rings is 2. The second-order valence-corrected chi connectivity index (χ2v) is 7.72. The van der Waals surface area contributed by atoms with Crippen LogP contribution in [0, 0.1) is 0 Å². The fourth-order valence-electron chi connectivity index (χ4n) is 3.04. The Balaban J connectivity index is 1.41. The van der Waals surface area contributed by atoms with Crippen molar-refractivity contribution in [1.29, 1.82) is 0 Å². The van der Waals surface area contributed by atoms with Gasteiger partial charge in [-0.1, -0.05) is 29.8 Å². The largest absolute Gasteiger partial charge is 0.365 e. The van der Waals surface area contributed by atoms with Crippen LogP contribution < -0.4 is 5.73 Å². The average molecular weight is 371 g/mol. The summed E-state index contributed by atoms with van der Waals surface area (Å²) in [6, 6.07) is 14.4. The van der Waals surface area contributed by atoms with Crippen molar-refractivity contribution in [3.8, 4) is 0 Å². The van der Waals surface area contributed by atoms with E-state index in [2.05, 4.69) is 39.5 Å². The van der Waals surface area contributed by atoms with E-state index in [0.717, 1.165) is 34.8 Å². The standard InChI is InChI=1S/C19H19ClN4S/c20-16-4-1-13(2-5-16)7-17(21)10-24-11-19(25-12-24)14-3-6-18-15(8-14)9-22-23-18/h1-6,8-9,11,17H,7,10,12,21H2,(H,22,23)/t17-/m0/s1. The van der Waals surface area contributed by atoms with Crippen LogP contribution in [0.3, 0.4) is 0 Å². The van der Waals surface area contributed by atoms with Crippen LogP contribution in [-0.4, -0.2) is 33.6 Å². The summed E-state index contributed by atoms with van der Waals surface area (Å²) in [4.78, 5) is 3.57. The predicted octanol–water partition coefficient (Wildman–Crippen LogP) is 4.09. The number of hydrogen-bond acceptors (Lipinski definition) is 4. The third-order valence-electron chi connectivity index (χ3n) is 4.29. The lowest BCUT2D eigenvalue weighted by molar-refractivity contribution is 0.402. The van der Waals surface area contributed by atoms with Gasteiger partial charge in [0.1, 0.15) is 0 Å². The van der Waals surface area contributed by atoms with Gasteiger partial charge in [0.2, 0.25) is 0 Å². The maximum Gasteiger partial charge on any atom is 0.0682 e. The molecule has 2 heterocycles. The molecule has 0 fully saturated rings. The van der Waals surface area contributed by atoms with Gasteiger partial charge in [0.25, 0.3) is 0 Å². The lowest BCUT2D eigenvalue weighted by Gasteiger charge is -2.20. The van der Waals surface area contributed by atoms with E-state index >= 15 is 0 Å². The zero-order chi connectivity index (χ0) is 17.2. The highest BCUT2D eigenvalue weighted by Crippen LogP contribution is 2.35. The molecule has 2 aromatic carbocycles. The smallest absolute Gasteiger partial charge is 0.0682 e. The summed E-state index contributed by atoms with van der Waals surface area (Å²) in [7, 11) is 0. The minimum absolute atomic E-state index is 0.0914. The van der Waals surface area contributed by atoms with E-state index in [1.807, 2.05) is 42.2 Å². The van der Waals surface area contributed by atoms with Crippen molar-refractivity contribution in [2.75, 3.05) is 12.4 Å². The molecule has 1 aromatic heterocycles. The number of aromatic amines is 1. The van der Waals surface area contributed by atoms with Gasteiger partial charge in [-0.15, -0.1) is 11.8 Å². The first-order valence-corrected chi connectivity index (χ1v) is 9.56. The lowest BCUT2D eigenvalue weighted by Crippen LogP contribution is -2.35. The number of fused-ring (bicyclic) bond motifs is 1. The van der Waals surface area contributed by atoms with Gasteiger partial charge in [-0.05, 0) is 41.8 Å². The number of hydrogen-bond donors (Lipinski definition) is 2. The van der Waals surface area contributed by atoms with Crippen LogP contribution in [-0.2, 0) is 6.42 Å². The van der Waals surface area contributed by atoms with E-state index in [4.69, 9.17) is 17.3 Å². The zero-order valence-electron chi connectivity index (χ0n) is 13.7. The zero-order valence-corrected chi connectivity index (χ0v) is 15.2. The maximum absolute atomic E-state index is 6.34. The Bertz CT molecular complexity index is 903. The van der Waals surface area contributed by atoms with Crippen molar-refractivity contribution in [1.82, 2.24) is 15.1 Å².